The number of aliphatic hydroxyl groups is 1. The molecule has 20 N–H and O–H groups in total. The van der Waals surface area contributed by atoms with Crippen molar-refractivity contribution >= 4 is 139 Å². The molecule has 16 atom stereocenters. The number of likely N-dealkylation sites (tertiary alicyclic amines) is 1. The molecular formula is C98H131N17O23S2. The minimum Gasteiger partial charge on any atom is -0.481 e. The van der Waals surface area contributed by atoms with Gasteiger partial charge in [0.2, 0.25) is 82.7 Å². The third kappa shape index (κ3) is 32.3. The van der Waals surface area contributed by atoms with E-state index in [4.69, 9.17) is 10.5 Å². The number of ether oxygens (including phenoxy) is 1. The summed E-state index contributed by atoms with van der Waals surface area (Å²) < 4.78 is 6.92. The van der Waals surface area contributed by atoms with E-state index in [2.05, 4.69) is 74.4 Å². The average molecular weight is 1980 g/mol. The van der Waals surface area contributed by atoms with Crippen LogP contribution < -0.4 is 80.2 Å². The maximum atomic E-state index is 16.1. The van der Waals surface area contributed by atoms with Crippen LogP contribution in [0.25, 0.3) is 10.1 Å². The number of nitrogens with one attached hydrogen (secondary N) is 14. The molecule has 0 aliphatic carbocycles. The van der Waals surface area contributed by atoms with E-state index in [9.17, 15) is 82.8 Å². The molecule has 2 aromatic heterocycles. The molecular weight excluding hydrogens is 1850 g/mol. The number of nitrogens with two attached hydrogens (primary N) is 1. The summed E-state index contributed by atoms with van der Waals surface area (Å²) in [4.78, 5) is 262. The van der Waals surface area contributed by atoms with Gasteiger partial charge in [-0.25, -0.2) is 9.59 Å². The Morgan fingerprint density at radius 3 is 1.78 bits per heavy atom. The van der Waals surface area contributed by atoms with E-state index >= 15 is 24.0 Å². The van der Waals surface area contributed by atoms with Crippen molar-refractivity contribution in [2.24, 2.45) is 11.1 Å². The molecule has 0 radical (unpaired) electrons. The van der Waals surface area contributed by atoms with Crippen molar-refractivity contribution in [3.63, 3.8) is 0 Å². The Hall–Kier alpha value is -13.1. The number of carbonyl (C=O) groups is 18. The molecule has 10 rings (SSSR count). The number of carboxylic acids is 3. The maximum absolute atomic E-state index is 16.1. The number of rotatable bonds is 15. The summed E-state index contributed by atoms with van der Waals surface area (Å²) >= 11 is 2.79. The molecule has 7 heterocycles. The predicted molar refractivity (Wildman–Crippen MR) is 517 cm³/mol. The van der Waals surface area contributed by atoms with E-state index < -0.39 is 227 Å². The SMILES string of the molecule is CC(=O)N1CCC[C@]12C/C=C\CCC[C@@]1(CCCC=CCCCOC(=O)N3CC4CC(C3)N[C@@H](Cc3ccsc3)C(=O)N[C@@H](Cc3csc5ccccc35)C(=O)N[C@H](C(N)=O)CCC(=O)NCCCC[C@H](NC(=O)[C@H](Cc3ccccc3)NC(=O)[C@H](C)NC(=O)[C@H](C)NC(=O)[C@H](Cc3cccc(C(=O)O)c3)NC(=O)[C@H](CC(=O)O)NC1=O)C(=O)N4)NC(O)[C@H](CC(C)(C)C)NC(=O)[C@H](CC(=O)O)NC2=O. The summed E-state index contributed by atoms with van der Waals surface area (Å²) in [7, 11) is 0. The van der Waals surface area contributed by atoms with Crippen molar-refractivity contribution in [2.75, 3.05) is 32.8 Å². The summed E-state index contributed by atoms with van der Waals surface area (Å²) in [5.74, 6) is -16.9. The van der Waals surface area contributed by atoms with Gasteiger partial charge in [-0.3, -0.25) is 82.0 Å². The molecule has 140 heavy (non-hydrogen) atoms. The summed E-state index contributed by atoms with van der Waals surface area (Å²) in [5.41, 5.74) is 3.28. The number of aromatic carboxylic acids is 1. The zero-order chi connectivity index (χ0) is 102. The molecule has 3 fully saturated rings. The lowest BCUT2D eigenvalue weighted by Gasteiger charge is -2.41. The van der Waals surface area contributed by atoms with Crippen LogP contribution in [-0.4, -0.2) is 266 Å². The van der Waals surface area contributed by atoms with Gasteiger partial charge in [-0.05, 0) is 203 Å². The van der Waals surface area contributed by atoms with Crippen LogP contribution in [-0.2, 0) is 107 Å². The Bertz CT molecular complexity index is 5320. The number of carbonyl (C=O) groups excluding carboxylic acids is 15. The monoisotopic (exact) mass is 1980 g/mol. The second-order valence-electron chi connectivity index (χ2n) is 37.8. The number of fused-ring (bicyclic) bond motifs is 5. The van der Waals surface area contributed by atoms with E-state index in [0.717, 1.165) is 10.1 Å². The molecule has 40 nitrogen and oxygen atoms in total. The van der Waals surface area contributed by atoms with E-state index in [0.29, 0.717) is 23.1 Å². The fourth-order valence-corrected chi connectivity index (χ4v) is 19.8. The Morgan fingerprint density at radius 2 is 1.12 bits per heavy atom. The highest BCUT2D eigenvalue weighted by Gasteiger charge is 2.51. The number of thiophene rings is 2. The van der Waals surface area contributed by atoms with Gasteiger partial charge in [0.1, 0.15) is 66.1 Å². The van der Waals surface area contributed by atoms with Crippen molar-refractivity contribution in [3.05, 3.63) is 153 Å². The van der Waals surface area contributed by atoms with Crippen LogP contribution in [0.4, 0.5) is 4.79 Å². The number of aliphatic hydroxyl groups excluding tert-OH is 1. The molecule has 2 spiro atoms. The Balaban J connectivity index is 1.03. The van der Waals surface area contributed by atoms with Gasteiger partial charge < -0.3 is 110 Å². The Labute approximate surface area is 819 Å². The number of cyclic esters (lactones) is 1. The van der Waals surface area contributed by atoms with Gasteiger partial charge in [-0.2, -0.15) is 11.3 Å². The molecule has 3 saturated heterocycles. The number of piperidine rings is 1. The summed E-state index contributed by atoms with van der Waals surface area (Å²) in [6.07, 6.45) is 1.73. The predicted octanol–water partition coefficient (Wildman–Crippen LogP) is 3.10. The van der Waals surface area contributed by atoms with Crippen LogP contribution in [0.1, 0.15) is 203 Å². The highest BCUT2D eigenvalue weighted by molar-refractivity contribution is 7.17. The van der Waals surface area contributed by atoms with Gasteiger partial charge in [-0.15, -0.1) is 11.3 Å². The number of aliphatic carboxylic acids is 2. The van der Waals surface area contributed by atoms with Gasteiger partial charge in [-0.1, -0.05) is 106 Å². The van der Waals surface area contributed by atoms with Crippen LogP contribution in [0.3, 0.4) is 0 Å². The van der Waals surface area contributed by atoms with Crippen molar-refractivity contribution in [1.82, 2.24) is 84.2 Å². The van der Waals surface area contributed by atoms with Crippen LogP contribution in [0, 0.1) is 5.41 Å². The lowest BCUT2D eigenvalue weighted by Crippen LogP contribution is -2.67. The van der Waals surface area contributed by atoms with Gasteiger partial charge in [0, 0.05) is 75.6 Å². The molecule has 15 amide bonds. The average Bonchev–Trinajstić information content (AvgIpc) is 1.62. The number of carboxylic acid groups (broad SMARTS) is 3. The first-order valence-corrected chi connectivity index (χ1v) is 49.4. The highest BCUT2D eigenvalue weighted by Crippen LogP contribution is 2.36. The second kappa shape index (κ2) is 51.7. The standard InChI is InChI=1S/C98H131N17O23S2/c1-57-82(123)101-58(2)83(124)107-71(45-60-26-14-13-15-27-60)87(128)106-69-31-18-22-40-100-78(117)34-33-68(81(99)122)105-88(129)73(48-64-56-140-77-32-17-16-30-67(64)77)109-86(127)70(47-62-35-43-139-55-62)103-65-49-66(104-84(69)125)54-114(53-65)95(137)138-42-23-12-8-7-9-19-36-97(93(135)111-74(50-79(118)119)89(130)108-72(85(126)102-57)46-61-28-24-29-63(44-61)92(133)134)37-20-10-11-21-38-98(39-25-41-115(98)59(3)116)94(136)112-75(51-80(120)121)90(131)110-76(91(132)113-97)52-96(4,5)6/h7-8,11,13-17,21,24,26-30,32,35,43-44,55-58,65-66,68-76,91,103,113,132H,9-10,12,18-20,22-23,25,31,33-34,36-42,45-54H2,1-6H3,(H2,99,122)(H,100,117)(H,101,123)(H,102,126)(H,104,125)(H,105,129)(H,106,128)(H,107,124)(H,108,130)(H,109,127)(H,110,131)(H,111,135)(H,112,136)(H,118,119)(H,120,121)(H,133,134)/b8-7?,21-11-/t57-,58-,65?,66?,68-,69-,70-,71-,72-,73-,74-,75-,76-,91?,97+,98-/m0/s1. The van der Waals surface area contributed by atoms with Crippen LogP contribution >= 0.6 is 22.7 Å². The molecule has 42 heteroatoms. The zero-order valence-corrected chi connectivity index (χ0v) is 81.2. The number of benzene rings is 3. The number of primary amides is 1. The van der Waals surface area contributed by atoms with Crippen molar-refractivity contribution < 1.29 is 111 Å². The third-order valence-corrected chi connectivity index (χ3v) is 27.2. The quantitative estimate of drug-likeness (QED) is 0.0670. The minimum atomic E-state index is -2.10. The zero-order valence-electron chi connectivity index (χ0n) is 79.5. The molecule has 0 saturated carbocycles. The molecule has 5 aliphatic rings. The Kier molecular flexibility index (Phi) is 40.3. The summed E-state index contributed by atoms with van der Waals surface area (Å²) in [5, 5.41) is 89.4. The van der Waals surface area contributed by atoms with E-state index in [-0.39, 0.29) is 172 Å². The minimum absolute atomic E-state index is 0.0247. The van der Waals surface area contributed by atoms with Gasteiger partial charge in [0.15, 0.2) is 0 Å². The van der Waals surface area contributed by atoms with E-state index in [1.165, 1.54) is 77.5 Å². The summed E-state index contributed by atoms with van der Waals surface area (Å²) in [6, 6.07) is 4.02. The first-order chi connectivity index (χ1) is 66.6. The number of amides is 15. The van der Waals surface area contributed by atoms with Crippen molar-refractivity contribution in [1.29, 1.82) is 0 Å². The van der Waals surface area contributed by atoms with Gasteiger partial charge in [0.05, 0.1) is 42.6 Å². The van der Waals surface area contributed by atoms with E-state index in [1.54, 1.807) is 75.4 Å². The lowest BCUT2D eigenvalue weighted by atomic mass is 9.83. The van der Waals surface area contributed by atoms with Crippen molar-refractivity contribution in [2.45, 2.75) is 291 Å². The van der Waals surface area contributed by atoms with Crippen molar-refractivity contribution in [3.8, 4) is 0 Å². The second-order valence-corrected chi connectivity index (χ2v) is 39.5. The number of hydrogen-bond acceptors (Lipinski definition) is 24. The largest absolute Gasteiger partial charge is 0.481 e. The summed E-state index contributed by atoms with van der Waals surface area (Å²) in [6.45, 7) is 8.76. The fourth-order valence-electron chi connectivity index (χ4n) is 18.2. The maximum Gasteiger partial charge on any atom is 0.409 e. The number of allylic oxidation sites excluding steroid dienone is 3. The molecule has 5 aliphatic heterocycles. The molecule has 4 bridgehead atoms. The van der Waals surface area contributed by atoms with Gasteiger partial charge in [0.25, 0.3) is 0 Å². The number of hydrogen-bond donors (Lipinski definition) is 19. The van der Waals surface area contributed by atoms with Crippen LogP contribution in [0.2, 0.25) is 0 Å². The van der Waals surface area contributed by atoms with Crippen LogP contribution in [0.15, 0.2) is 125 Å². The fraction of sp³-hybridized carbons (Fsp3) is 0.531. The molecule has 758 valence electrons. The van der Waals surface area contributed by atoms with E-state index in [1.807, 2.05) is 46.5 Å². The molecule has 5 aromatic rings. The van der Waals surface area contributed by atoms with Crippen LogP contribution in [0.5, 0.6) is 0 Å². The van der Waals surface area contributed by atoms with Gasteiger partial charge >= 0.3 is 24.0 Å². The first-order valence-electron chi connectivity index (χ1n) is 47.5. The Morgan fingerprint density at radius 1 is 0.543 bits per heavy atom. The lowest BCUT2D eigenvalue weighted by molar-refractivity contribution is -0.146. The normalized spacial score (nSPS) is 27.7. The molecule has 3 unspecified atom stereocenters. The molecule has 3 aromatic carbocycles. The highest BCUT2D eigenvalue weighted by atomic mass is 32.1. The first kappa shape index (κ1) is 109. The topological polar surface area (TPSA) is 598 Å². The smallest absolute Gasteiger partial charge is 0.409 e. The third-order valence-electron chi connectivity index (χ3n) is 25.5. The number of nitrogens with zero attached hydrogens (tertiary/aromatic N) is 2.